The van der Waals surface area contributed by atoms with E-state index >= 15 is 0 Å². The largest absolute Gasteiger partial charge is 0.378 e. The predicted octanol–water partition coefficient (Wildman–Crippen LogP) is 1.07. The van der Waals surface area contributed by atoms with Gasteiger partial charge in [0.2, 0.25) is 11.8 Å². The second kappa shape index (κ2) is 8.85. The molecule has 2 aliphatic rings. The summed E-state index contributed by atoms with van der Waals surface area (Å²) in [6, 6.07) is -0.455. The molecule has 1 saturated carbocycles. The number of nitrogens with zero attached hydrogens (tertiary/aromatic N) is 1. The summed E-state index contributed by atoms with van der Waals surface area (Å²) in [5.41, 5.74) is 5.82. The SMILES string of the molecule is CCC(NC(=O)C1CCCCC1(C)N)C(=O)N1CCOCC1.Cl. The Hall–Kier alpha value is -0.850. The van der Waals surface area contributed by atoms with Crippen LogP contribution in [0.4, 0.5) is 0 Å². The first kappa shape index (κ1) is 20.2. The highest BCUT2D eigenvalue weighted by molar-refractivity contribution is 5.89. The van der Waals surface area contributed by atoms with E-state index in [0.717, 1.165) is 25.7 Å². The summed E-state index contributed by atoms with van der Waals surface area (Å²) in [4.78, 5) is 26.9. The molecule has 3 N–H and O–H groups in total. The molecule has 6 nitrogen and oxygen atoms in total. The number of hydrogen-bond acceptors (Lipinski definition) is 4. The van der Waals surface area contributed by atoms with E-state index in [9.17, 15) is 9.59 Å². The van der Waals surface area contributed by atoms with Gasteiger partial charge in [0.1, 0.15) is 6.04 Å². The van der Waals surface area contributed by atoms with E-state index in [0.29, 0.717) is 32.7 Å². The quantitative estimate of drug-likeness (QED) is 0.796. The molecule has 2 fully saturated rings. The molecule has 3 unspecified atom stereocenters. The number of nitrogens with two attached hydrogens (primary N) is 1. The van der Waals surface area contributed by atoms with Crippen LogP contribution >= 0.6 is 12.4 Å². The van der Waals surface area contributed by atoms with E-state index in [1.807, 2.05) is 13.8 Å². The van der Waals surface area contributed by atoms with E-state index in [4.69, 9.17) is 10.5 Å². The normalized spacial score (nSPS) is 29.3. The standard InChI is InChI=1S/C16H29N3O3.ClH/c1-3-13(15(21)19-8-10-22-11-9-19)18-14(20)12-6-4-5-7-16(12,2)17;/h12-13H,3-11,17H2,1-2H3,(H,18,20);1H. The maximum atomic E-state index is 12.6. The highest BCUT2D eigenvalue weighted by Crippen LogP contribution is 2.31. The van der Waals surface area contributed by atoms with Crippen LogP contribution < -0.4 is 11.1 Å². The van der Waals surface area contributed by atoms with Crippen molar-refractivity contribution in [3.8, 4) is 0 Å². The summed E-state index contributed by atoms with van der Waals surface area (Å²) < 4.78 is 5.27. The Morgan fingerprint density at radius 2 is 2.00 bits per heavy atom. The van der Waals surface area contributed by atoms with Crippen molar-refractivity contribution in [2.75, 3.05) is 26.3 Å². The van der Waals surface area contributed by atoms with E-state index in [1.54, 1.807) is 4.90 Å². The number of ether oxygens (including phenoxy) is 1. The monoisotopic (exact) mass is 347 g/mol. The number of nitrogens with one attached hydrogen (secondary N) is 1. The third kappa shape index (κ3) is 5.06. The molecule has 2 rings (SSSR count). The highest BCUT2D eigenvalue weighted by atomic mass is 35.5. The van der Waals surface area contributed by atoms with Crippen molar-refractivity contribution in [1.29, 1.82) is 0 Å². The third-order valence-electron chi connectivity index (χ3n) is 4.92. The molecule has 2 amide bonds. The van der Waals surface area contributed by atoms with E-state index < -0.39 is 11.6 Å². The van der Waals surface area contributed by atoms with Crippen molar-refractivity contribution >= 4 is 24.2 Å². The Balaban J connectivity index is 0.00000264. The van der Waals surface area contributed by atoms with E-state index in [1.165, 1.54) is 0 Å². The van der Waals surface area contributed by atoms with Crippen molar-refractivity contribution in [2.45, 2.75) is 57.5 Å². The molecule has 0 aromatic heterocycles. The molecule has 7 heteroatoms. The second-order valence-electron chi connectivity index (χ2n) is 6.71. The van der Waals surface area contributed by atoms with Crippen LogP contribution in [0.2, 0.25) is 0 Å². The highest BCUT2D eigenvalue weighted by Gasteiger charge is 2.39. The minimum absolute atomic E-state index is 0. The van der Waals surface area contributed by atoms with Gasteiger partial charge in [0.15, 0.2) is 0 Å². The molecule has 1 saturated heterocycles. The maximum Gasteiger partial charge on any atom is 0.245 e. The number of halogens is 1. The molecule has 0 radical (unpaired) electrons. The number of hydrogen-bond donors (Lipinski definition) is 2. The molecule has 1 aliphatic heterocycles. The van der Waals surface area contributed by atoms with Crippen molar-refractivity contribution in [2.24, 2.45) is 11.7 Å². The van der Waals surface area contributed by atoms with Crippen LogP contribution in [-0.4, -0.2) is 54.6 Å². The van der Waals surface area contributed by atoms with E-state index in [-0.39, 0.29) is 30.1 Å². The van der Waals surface area contributed by atoms with Gasteiger partial charge in [-0.1, -0.05) is 19.8 Å². The molecular weight excluding hydrogens is 318 g/mol. The van der Waals surface area contributed by atoms with Crippen LogP contribution in [0.15, 0.2) is 0 Å². The van der Waals surface area contributed by atoms with Crippen LogP contribution in [0.1, 0.15) is 46.0 Å². The number of carbonyl (C=O) groups is 2. The smallest absolute Gasteiger partial charge is 0.245 e. The van der Waals surface area contributed by atoms with Gasteiger partial charge in [0, 0.05) is 18.6 Å². The van der Waals surface area contributed by atoms with Crippen LogP contribution in [0, 0.1) is 5.92 Å². The Kier molecular flexibility index (Phi) is 7.77. The fourth-order valence-corrected chi connectivity index (χ4v) is 3.40. The Morgan fingerprint density at radius 1 is 1.35 bits per heavy atom. The maximum absolute atomic E-state index is 12.6. The second-order valence-corrected chi connectivity index (χ2v) is 6.71. The lowest BCUT2D eigenvalue weighted by Gasteiger charge is -2.38. The number of amides is 2. The molecule has 0 spiro atoms. The fourth-order valence-electron chi connectivity index (χ4n) is 3.40. The molecule has 3 atom stereocenters. The predicted molar refractivity (Wildman–Crippen MR) is 91.4 cm³/mol. The van der Waals surface area contributed by atoms with Crippen molar-refractivity contribution in [3.05, 3.63) is 0 Å². The van der Waals surface area contributed by atoms with Crippen molar-refractivity contribution in [1.82, 2.24) is 10.2 Å². The summed E-state index contributed by atoms with van der Waals surface area (Å²) in [5.74, 6) is -0.278. The number of rotatable bonds is 4. The molecule has 1 aliphatic carbocycles. The lowest BCUT2D eigenvalue weighted by Crippen LogP contribution is -2.57. The summed E-state index contributed by atoms with van der Waals surface area (Å²) in [7, 11) is 0. The first-order valence-corrected chi connectivity index (χ1v) is 8.41. The molecular formula is C16H30ClN3O3. The molecule has 23 heavy (non-hydrogen) atoms. The van der Waals surface area contributed by atoms with Crippen LogP contribution in [0.5, 0.6) is 0 Å². The first-order chi connectivity index (χ1) is 10.5. The molecule has 134 valence electrons. The van der Waals surface area contributed by atoms with Gasteiger partial charge in [-0.3, -0.25) is 9.59 Å². The average molecular weight is 348 g/mol. The van der Waals surface area contributed by atoms with Gasteiger partial charge in [-0.2, -0.15) is 0 Å². The van der Waals surface area contributed by atoms with Gasteiger partial charge < -0.3 is 20.7 Å². The minimum Gasteiger partial charge on any atom is -0.378 e. The Labute approximate surface area is 144 Å². The molecule has 0 bridgehead atoms. The topological polar surface area (TPSA) is 84.7 Å². The zero-order chi connectivity index (χ0) is 16.2. The minimum atomic E-state index is -0.470. The van der Waals surface area contributed by atoms with Crippen LogP contribution in [-0.2, 0) is 14.3 Å². The average Bonchev–Trinajstić information content (AvgIpc) is 2.52. The molecule has 1 heterocycles. The van der Waals surface area contributed by atoms with Gasteiger partial charge in [0.25, 0.3) is 0 Å². The fraction of sp³-hybridized carbons (Fsp3) is 0.875. The summed E-state index contributed by atoms with van der Waals surface area (Å²) >= 11 is 0. The Morgan fingerprint density at radius 3 is 2.57 bits per heavy atom. The number of carbonyl (C=O) groups excluding carboxylic acids is 2. The lowest BCUT2D eigenvalue weighted by molar-refractivity contribution is -0.141. The summed E-state index contributed by atoms with van der Waals surface area (Å²) in [5, 5.41) is 2.94. The zero-order valence-electron chi connectivity index (χ0n) is 14.2. The summed E-state index contributed by atoms with van der Waals surface area (Å²) in [6.45, 7) is 6.21. The van der Waals surface area contributed by atoms with Crippen molar-refractivity contribution < 1.29 is 14.3 Å². The van der Waals surface area contributed by atoms with Gasteiger partial charge in [0.05, 0.1) is 19.1 Å². The third-order valence-corrected chi connectivity index (χ3v) is 4.92. The molecule has 0 aromatic rings. The van der Waals surface area contributed by atoms with Crippen molar-refractivity contribution in [3.63, 3.8) is 0 Å². The van der Waals surface area contributed by atoms with Crippen LogP contribution in [0.25, 0.3) is 0 Å². The Bertz CT molecular complexity index is 411. The zero-order valence-corrected chi connectivity index (χ0v) is 15.0. The van der Waals surface area contributed by atoms with E-state index in [2.05, 4.69) is 5.32 Å². The number of morpholine rings is 1. The first-order valence-electron chi connectivity index (χ1n) is 8.41. The van der Waals surface area contributed by atoms with Gasteiger partial charge in [-0.05, 0) is 26.2 Å². The molecule has 0 aromatic carbocycles. The lowest BCUT2D eigenvalue weighted by atomic mass is 9.74. The van der Waals surface area contributed by atoms with Gasteiger partial charge >= 0.3 is 0 Å². The van der Waals surface area contributed by atoms with Crippen LogP contribution in [0.3, 0.4) is 0 Å². The summed E-state index contributed by atoms with van der Waals surface area (Å²) in [6.07, 6.45) is 4.36. The van der Waals surface area contributed by atoms with Gasteiger partial charge in [-0.25, -0.2) is 0 Å². The van der Waals surface area contributed by atoms with Gasteiger partial charge in [-0.15, -0.1) is 12.4 Å².